The summed E-state index contributed by atoms with van der Waals surface area (Å²) in [5.74, 6) is -9.16. The van der Waals surface area contributed by atoms with E-state index in [0.29, 0.717) is 47.8 Å². The lowest BCUT2D eigenvalue weighted by atomic mass is 9.79. The number of carbonyl (C=O) groups excluding carboxylic acids is 10. The Morgan fingerprint density at radius 1 is 0.526 bits per heavy atom. The summed E-state index contributed by atoms with van der Waals surface area (Å²) >= 11 is 0. The SMILES string of the molecule is C[C@@H]1NC(=O)[C@H](NC(=O)c2cnc3ccccc3n2)COC(=O)[C@H](C2CCC2)N(C)C(=O)[C@@H]2C/C=C\C[C@@H](C(=O)N(C)[C@@H](C3CCC3)C(=O)OC[C@@H](NC(=O)c3cnc4ccccc4n3)C(=O)N[C@@H](C)C(=O)N2C)N(C)C1=O. The molecule has 8 rings (SSSR count). The smallest absolute Gasteiger partial charge is 0.329 e. The molecule has 8 amide bonds. The van der Waals surface area contributed by atoms with Crippen molar-refractivity contribution in [2.75, 3.05) is 41.4 Å². The molecule has 4 aliphatic rings. The lowest BCUT2D eigenvalue weighted by Crippen LogP contribution is -2.60. The van der Waals surface area contributed by atoms with Crippen LogP contribution in [0.15, 0.2) is 73.1 Å². The second kappa shape index (κ2) is 24.3. The van der Waals surface area contributed by atoms with Crippen LogP contribution in [0.2, 0.25) is 0 Å². The summed E-state index contributed by atoms with van der Waals surface area (Å²) in [5, 5.41) is 10.3. The fourth-order valence-electron chi connectivity index (χ4n) is 10.0. The van der Waals surface area contributed by atoms with E-state index < -0.39 is 133 Å². The molecule has 0 saturated heterocycles. The van der Waals surface area contributed by atoms with E-state index in [4.69, 9.17) is 9.47 Å². The number of aromatic nitrogens is 4. The van der Waals surface area contributed by atoms with Crippen LogP contribution in [-0.4, -0.2) is 188 Å². The molecule has 4 aromatic rings. The van der Waals surface area contributed by atoms with Gasteiger partial charge in [0.25, 0.3) is 11.8 Å². The second-order valence-corrected chi connectivity index (χ2v) is 20.3. The molecule has 0 radical (unpaired) electrons. The average Bonchev–Trinajstić information content (AvgIpc) is 3.42. The highest BCUT2D eigenvalue weighted by molar-refractivity contribution is 6.01. The number of rotatable bonds is 6. The Hall–Kier alpha value is -8.44. The van der Waals surface area contributed by atoms with Crippen LogP contribution in [0.5, 0.6) is 0 Å². The number of esters is 2. The molecule has 78 heavy (non-hydrogen) atoms. The van der Waals surface area contributed by atoms with Crippen LogP contribution in [0.1, 0.15) is 86.2 Å². The number of nitrogens with one attached hydrogen (secondary N) is 4. The van der Waals surface area contributed by atoms with Crippen LogP contribution < -0.4 is 21.3 Å². The van der Waals surface area contributed by atoms with Gasteiger partial charge in [0.05, 0.1) is 34.5 Å². The van der Waals surface area contributed by atoms with Gasteiger partial charge < -0.3 is 50.3 Å². The Balaban J connectivity index is 1.16. The van der Waals surface area contributed by atoms with Crippen molar-refractivity contribution >= 4 is 81.3 Å². The van der Waals surface area contributed by atoms with Gasteiger partial charge in [0.15, 0.2) is 0 Å². The van der Waals surface area contributed by atoms with Crippen LogP contribution in [0.3, 0.4) is 0 Å². The van der Waals surface area contributed by atoms with Crippen LogP contribution in [0, 0.1) is 11.8 Å². The van der Waals surface area contributed by atoms with Crippen molar-refractivity contribution in [2.24, 2.45) is 11.8 Å². The predicted molar refractivity (Wildman–Crippen MR) is 278 cm³/mol. The van der Waals surface area contributed by atoms with Crippen molar-refractivity contribution < 1.29 is 57.4 Å². The van der Waals surface area contributed by atoms with E-state index in [1.54, 1.807) is 60.7 Å². The molecule has 2 aromatic heterocycles. The van der Waals surface area contributed by atoms with E-state index in [-0.39, 0.29) is 24.2 Å². The normalized spacial score (nSPS) is 26.7. The Labute approximate surface area is 449 Å². The minimum Gasteiger partial charge on any atom is -0.461 e. The third-order valence-electron chi connectivity index (χ3n) is 15.1. The standard InChI is InChI=1S/C54H64N12O12/c1-29-49(71)63(3)41-23-11-12-24-42(52(74)66(6)44(32-17-14-18-32)53(75)77-27-39(47(69)57-29)61-45(67)37-25-55-33-19-7-9-21-35(33)59-37)64(4)50(72)30(2)58-48(70)40(28-78-54(76)43(31-15-13-16-31)65(5)51(41)73)62-46(68)38-26-56-34-20-8-10-22-36(34)60-38/h7-12,19-22,25-26,29-32,39-44H,13-18,23-24,27-28H2,1-6H3,(H,57,69)(H,58,70)(H,61,67)(H,62,68)/b12-11-/t29-,30-,39+,40+,41-,42-,43-,44-/m0/s1. The number of likely N-dealkylation sites (N-methyl/N-ethyl adjacent to an activating group) is 4. The van der Waals surface area contributed by atoms with Crippen molar-refractivity contribution in [1.82, 2.24) is 60.8 Å². The Morgan fingerprint density at radius 2 is 0.885 bits per heavy atom. The molecule has 24 heteroatoms. The van der Waals surface area contributed by atoms with Gasteiger partial charge in [-0.1, -0.05) is 49.3 Å². The number of amides is 8. The molecule has 4 N–H and O–H groups in total. The van der Waals surface area contributed by atoms with Gasteiger partial charge >= 0.3 is 11.9 Å². The van der Waals surface area contributed by atoms with Crippen molar-refractivity contribution in [3.8, 4) is 0 Å². The zero-order chi connectivity index (χ0) is 55.9. The first-order valence-electron chi connectivity index (χ1n) is 26.0. The highest BCUT2D eigenvalue weighted by Gasteiger charge is 2.45. The fraction of sp³-hybridized carbons (Fsp3) is 0.481. The summed E-state index contributed by atoms with van der Waals surface area (Å²) in [7, 11) is 5.48. The molecule has 0 spiro atoms. The second-order valence-electron chi connectivity index (χ2n) is 20.3. The summed E-state index contributed by atoms with van der Waals surface area (Å²) < 4.78 is 11.6. The Morgan fingerprint density at radius 3 is 1.23 bits per heavy atom. The maximum absolute atomic E-state index is 15.0. The van der Waals surface area contributed by atoms with Gasteiger partial charge in [-0.2, -0.15) is 0 Å². The molecular weight excluding hydrogens is 1010 g/mol. The minimum absolute atomic E-state index is 0.167. The van der Waals surface area contributed by atoms with Gasteiger partial charge in [-0.05, 0) is 88.5 Å². The van der Waals surface area contributed by atoms with Crippen LogP contribution >= 0.6 is 0 Å². The molecule has 8 atom stereocenters. The zero-order valence-electron chi connectivity index (χ0n) is 44.2. The number of hydrogen-bond acceptors (Lipinski definition) is 16. The van der Waals surface area contributed by atoms with E-state index in [1.807, 2.05) is 0 Å². The Kier molecular flexibility index (Phi) is 17.4. The van der Waals surface area contributed by atoms with E-state index in [1.165, 1.54) is 64.2 Å². The molecule has 2 bridgehead atoms. The van der Waals surface area contributed by atoms with Gasteiger partial charge in [-0.25, -0.2) is 19.6 Å². The monoisotopic (exact) mass is 1070 g/mol. The lowest BCUT2D eigenvalue weighted by Gasteiger charge is -2.41. The fourth-order valence-corrected chi connectivity index (χ4v) is 10.0. The first-order chi connectivity index (χ1) is 37.3. The Bertz CT molecular complexity index is 2840. The number of hydrogen-bond donors (Lipinski definition) is 4. The largest absolute Gasteiger partial charge is 0.461 e. The molecule has 2 saturated carbocycles. The summed E-state index contributed by atoms with van der Waals surface area (Å²) in [6, 6.07) is 2.45. The van der Waals surface area contributed by atoms with Gasteiger partial charge in [0, 0.05) is 28.2 Å². The summed E-state index contributed by atoms with van der Waals surface area (Å²) in [4.78, 5) is 166. The lowest BCUT2D eigenvalue weighted by molar-refractivity contribution is -0.162. The molecule has 412 valence electrons. The van der Waals surface area contributed by atoms with E-state index in [9.17, 15) is 47.9 Å². The molecule has 2 aliphatic carbocycles. The number of carbonyl (C=O) groups is 10. The van der Waals surface area contributed by atoms with Gasteiger partial charge in [-0.3, -0.25) is 48.3 Å². The number of fused-ring (bicyclic) bond motifs is 6. The van der Waals surface area contributed by atoms with Crippen LogP contribution in [0.25, 0.3) is 22.1 Å². The maximum Gasteiger partial charge on any atom is 0.329 e. The molecule has 2 aliphatic heterocycles. The number of para-hydroxylation sites is 4. The molecule has 24 nitrogen and oxygen atoms in total. The van der Waals surface area contributed by atoms with Gasteiger partial charge in [0.1, 0.15) is 72.9 Å². The van der Waals surface area contributed by atoms with E-state index in [0.717, 1.165) is 22.6 Å². The minimum atomic E-state index is -1.63. The molecule has 2 fully saturated rings. The number of nitrogens with zero attached hydrogens (tertiary/aromatic N) is 8. The van der Waals surface area contributed by atoms with Gasteiger partial charge in [-0.15, -0.1) is 0 Å². The van der Waals surface area contributed by atoms with Crippen molar-refractivity contribution in [2.45, 2.75) is 114 Å². The summed E-state index contributed by atoms with van der Waals surface area (Å²) in [6.07, 6.45) is 8.76. The third-order valence-corrected chi connectivity index (χ3v) is 15.1. The predicted octanol–water partition coefficient (Wildman–Crippen LogP) is 0.838. The molecule has 0 unspecified atom stereocenters. The first kappa shape index (κ1) is 55.8. The summed E-state index contributed by atoms with van der Waals surface area (Å²) in [5.41, 5.74) is 1.45. The molecular formula is C54H64N12O12. The van der Waals surface area contributed by atoms with Gasteiger partial charge in [0.2, 0.25) is 35.4 Å². The third kappa shape index (κ3) is 12.2. The molecule has 2 aromatic carbocycles. The maximum atomic E-state index is 15.0. The molecule has 4 heterocycles. The number of ether oxygens (including phenoxy) is 2. The van der Waals surface area contributed by atoms with Crippen molar-refractivity contribution in [3.05, 3.63) is 84.5 Å². The van der Waals surface area contributed by atoms with Crippen molar-refractivity contribution in [3.63, 3.8) is 0 Å². The van der Waals surface area contributed by atoms with Crippen LogP contribution in [-0.2, 0) is 47.8 Å². The van der Waals surface area contributed by atoms with Crippen molar-refractivity contribution in [1.29, 1.82) is 0 Å². The van der Waals surface area contributed by atoms with Crippen LogP contribution in [0.4, 0.5) is 0 Å². The van der Waals surface area contributed by atoms with E-state index in [2.05, 4.69) is 41.2 Å². The topological polar surface area (TPSA) is 302 Å². The highest BCUT2D eigenvalue weighted by Crippen LogP contribution is 2.35. The first-order valence-corrected chi connectivity index (χ1v) is 26.0. The quantitative estimate of drug-likeness (QED) is 0.154. The zero-order valence-corrected chi connectivity index (χ0v) is 44.2. The number of cyclic esters (lactones) is 2. The summed E-state index contributed by atoms with van der Waals surface area (Å²) in [6.45, 7) is 1.22. The van der Waals surface area contributed by atoms with E-state index >= 15 is 0 Å². The highest BCUT2D eigenvalue weighted by atomic mass is 16.5. The number of benzene rings is 2. The average molecular weight is 1070 g/mol.